The van der Waals surface area contributed by atoms with E-state index in [4.69, 9.17) is 0 Å². The highest BCUT2D eigenvalue weighted by atomic mass is 32.2. The molecule has 1 fully saturated rings. The zero-order valence-electron chi connectivity index (χ0n) is 21.2. The predicted octanol–water partition coefficient (Wildman–Crippen LogP) is 3.99. The van der Waals surface area contributed by atoms with Gasteiger partial charge in [0.25, 0.3) is 17.1 Å². The van der Waals surface area contributed by atoms with Gasteiger partial charge in [-0.15, -0.1) is 0 Å². The number of thioether (sulfide) groups is 1. The van der Waals surface area contributed by atoms with E-state index in [0.717, 1.165) is 27.8 Å². The van der Waals surface area contributed by atoms with Crippen molar-refractivity contribution in [2.24, 2.45) is 5.92 Å². The fraction of sp³-hybridized carbons (Fsp3) is 0.370. The molecule has 2 N–H and O–H groups in total. The highest BCUT2D eigenvalue weighted by molar-refractivity contribution is 8.18. The van der Waals surface area contributed by atoms with Gasteiger partial charge in [-0.05, 0) is 58.5 Å². The minimum absolute atomic E-state index is 0.0265. The normalized spacial score (nSPS) is 15.9. The van der Waals surface area contributed by atoms with Gasteiger partial charge in [0.15, 0.2) is 0 Å². The SMILES string of the molecule is CC(C)C(NC(=O)c1ccc(C(C)(C)C)cc1)C(=O)NCCN1C(=O)S/C(=C/c2cccnc2)C1=O. The van der Waals surface area contributed by atoms with Crippen LogP contribution >= 0.6 is 11.8 Å². The second-order valence-electron chi connectivity index (χ2n) is 9.93. The van der Waals surface area contributed by atoms with Gasteiger partial charge in [0.05, 0.1) is 4.91 Å². The molecule has 4 amide bonds. The lowest BCUT2D eigenvalue weighted by atomic mass is 9.86. The van der Waals surface area contributed by atoms with Gasteiger partial charge >= 0.3 is 0 Å². The summed E-state index contributed by atoms with van der Waals surface area (Å²) in [5.41, 5.74) is 2.28. The van der Waals surface area contributed by atoms with Crippen LogP contribution in [0, 0.1) is 5.92 Å². The summed E-state index contributed by atoms with van der Waals surface area (Å²) in [6, 6.07) is 10.1. The first-order valence-corrected chi connectivity index (χ1v) is 12.6. The second kappa shape index (κ2) is 11.5. The lowest BCUT2D eigenvalue weighted by Crippen LogP contribution is -2.51. The minimum Gasteiger partial charge on any atom is -0.353 e. The number of imide groups is 1. The third-order valence-corrected chi connectivity index (χ3v) is 6.65. The van der Waals surface area contributed by atoms with Gasteiger partial charge in [0.1, 0.15) is 6.04 Å². The molecule has 8 nitrogen and oxygen atoms in total. The average molecular weight is 509 g/mol. The van der Waals surface area contributed by atoms with Crippen LogP contribution in [0.5, 0.6) is 0 Å². The molecular weight excluding hydrogens is 476 g/mol. The zero-order chi connectivity index (χ0) is 26.5. The number of carbonyl (C=O) groups excluding carboxylic acids is 4. The monoisotopic (exact) mass is 508 g/mol. The van der Waals surface area contributed by atoms with Crippen molar-refractivity contribution in [3.8, 4) is 0 Å². The van der Waals surface area contributed by atoms with E-state index in [1.54, 1.807) is 42.7 Å². The van der Waals surface area contributed by atoms with Crippen molar-refractivity contribution in [1.29, 1.82) is 0 Å². The first-order chi connectivity index (χ1) is 17.0. The molecule has 1 atom stereocenters. The number of amides is 4. The average Bonchev–Trinajstić information content (AvgIpc) is 3.09. The van der Waals surface area contributed by atoms with Crippen molar-refractivity contribution in [1.82, 2.24) is 20.5 Å². The molecule has 0 saturated carbocycles. The fourth-order valence-electron chi connectivity index (χ4n) is 3.59. The Morgan fingerprint density at radius 3 is 2.39 bits per heavy atom. The van der Waals surface area contributed by atoms with Crippen LogP contribution in [-0.4, -0.2) is 52.0 Å². The van der Waals surface area contributed by atoms with Crippen LogP contribution in [0.1, 0.15) is 56.1 Å². The number of hydrogen-bond donors (Lipinski definition) is 2. The van der Waals surface area contributed by atoms with Crippen LogP contribution in [0.4, 0.5) is 4.79 Å². The van der Waals surface area contributed by atoms with Crippen molar-refractivity contribution in [3.63, 3.8) is 0 Å². The molecule has 0 spiro atoms. The van der Waals surface area contributed by atoms with Crippen molar-refractivity contribution >= 4 is 40.8 Å². The topological polar surface area (TPSA) is 108 Å². The largest absolute Gasteiger partial charge is 0.353 e. The molecule has 1 aliphatic rings. The van der Waals surface area contributed by atoms with Crippen LogP contribution in [0.3, 0.4) is 0 Å². The van der Waals surface area contributed by atoms with Crippen LogP contribution in [-0.2, 0) is 15.0 Å². The summed E-state index contributed by atoms with van der Waals surface area (Å²) < 4.78 is 0. The summed E-state index contributed by atoms with van der Waals surface area (Å²) in [5.74, 6) is -1.28. The number of carbonyl (C=O) groups is 4. The van der Waals surface area contributed by atoms with Crippen LogP contribution in [0.15, 0.2) is 53.7 Å². The predicted molar refractivity (Wildman–Crippen MR) is 141 cm³/mol. The molecule has 1 aromatic carbocycles. The Morgan fingerprint density at radius 1 is 1.11 bits per heavy atom. The van der Waals surface area contributed by atoms with Gasteiger partial charge in [0, 0.05) is 31.0 Å². The molecule has 9 heteroatoms. The van der Waals surface area contributed by atoms with Crippen LogP contribution < -0.4 is 10.6 Å². The maximum Gasteiger partial charge on any atom is 0.293 e. The quantitative estimate of drug-likeness (QED) is 0.522. The maximum atomic E-state index is 12.8. The third kappa shape index (κ3) is 6.81. The summed E-state index contributed by atoms with van der Waals surface area (Å²) in [4.78, 5) is 56.0. The smallest absolute Gasteiger partial charge is 0.293 e. The Balaban J connectivity index is 1.56. The van der Waals surface area contributed by atoms with E-state index in [2.05, 4.69) is 36.4 Å². The number of hydrogen-bond acceptors (Lipinski definition) is 6. The molecule has 36 heavy (non-hydrogen) atoms. The standard InChI is InChI=1S/C27H32N4O4S/c1-17(2)22(30-23(32)19-8-10-20(11-9-19)27(3,4)5)24(33)29-13-14-31-25(34)21(36-26(31)35)15-18-7-6-12-28-16-18/h6-12,15-17,22H,13-14H2,1-5H3,(H,29,33)(H,30,32)/b21-15+. The van der Waals surface area contributed by atoms with Gasteiger partial charge in [-0.3, -0.25) is 29.1 Å². The summed E-state index contributed by atoms with van der Waals surface area (Å²) in [5, 5.41) is 5.16. The number of nitrogens with one attached hydrogen (secondary N) is 2. The number of aromatic nitrogens is 1. The Labute approximate surface area is 215 Å². The summed E-state index contributed by atoms with van der Waals surface area (Å²) in [7, 11) is 0. The molecule has 2 heterocycles. The molecule has 1 unspecified atom stereocenters. The van der Waals surface area contributed by atoms with E-state index >= 15 is 0 Å². The molecule has 190 valence electrons. The summed E-state index contributed by atoms with van der Waals surface area (Å²) in [6.07, 6.45) is 4.85. The summed E-state index contributed by atoms with van der Waals surface area (Å²) >= 11 is 0.856. The highest BCUT2D eigenvalue weighted by Crippen LogP contribution is 2.31. The Kier molecular flexibility index (Phi) is 8.68. The lowest BCUT2D eigenvalue weighted by Gasteiger charge is -2.23. The third-order valence-electron chi connectivity index (χ3n) is 5.74. The zero-order valence-corrected chi connectivity index (χ0v) is 22.0. The number of nitrogens with zero attached hydrogens (tertiary/aromatic N) is 2. The van der Waals surface area contributed by atoms with E-state index in [9.17, 15) is 19.2 Å². The van der Waals surface area contributed by atoms with E-state index in [0.29, 0.717) is 10.5 Å². The van der Waals surface area contributed by atoms with Crippen molar-refractivity contribution in [2.75, 3.05) is 13.1 Å². The maximum absolute atomic E-state index is 12.8. The molecule has 1 saturated heterocycles. The van der Waals surface area contributed by atoms with E-state index < -0.39 is 17.2 Å². The van der Waals surface area contributed by atoms with E-state index in [1.165, 1.54) is 0 Å². The number of rotatable bonds is 8. The molecular formula is C27H32N4O4S. The highest BCUT2D eigenvalue weighted by Gasteiger charge is 2.35. The molecule has 0 aliphatic carbocycles. The second-order valence-corrected chi connectivity index (χ2v) is 10.9. The molecule has 1 aromatic heterocycles. The van der Waals surface area contributed by atoms with Crippen molar-refractivity contribution in [3.05, 3.63) is 70.4 Å². The Bertz CT molecular complexity index is 1150. The Morgan fingerprint density at radius 2 is 1.81 bits per heavy atom. The van der Waals surface area contributed by atoms with Gasteiger partial charge in [-0.1, -0.05) is 52.8 Å². The molecule has 0 bridgehead atoms. The minimum atomic E-state index is -0.764. The van der Waals surface area contributed by atoms with E-state index in [-0.39, 0.29) is 36.2 Å². The number of benzene rings is 1. The molecule has 1 aliphatic heterocycles. The Hall–Kier alpha value is -3.46. The number of pyridine rings is 1. The van der Waals surface area contributed by atoms with Crippen LogP contribution in [0.25, 0.3) is 6.08 Å². The van der Waals surface area contributed by atoms with Crippen molar-refractivity contribution in [2.45, 2.75) is 46.1 Å². The van der Waals surface area contributed by atoms with Gasteiger partial charge in [-0.2, -0.15) is 0 Å². The summed E-state index contributed by atoms with van der Waals surface area (Å²) in [6.45, 7) is 10.1. The van der Waals surface area contributed by atoms with Crippen LogP contribution in [0.2, 0.25) is 0 Å². The molecule has 0 radical (unpaired) electrons. The first kappa shape index (κ1) is 27.1. The molecule has 3 rings (SSSR count). The lowest BCUT2D eigenvalue weighted by molar-refractivity contribution is -0.125. The van der Waals surface area contributed by atoms with Gasteiger partial charge < -0.3 is 10.6 Å². The first-order valence-electron chi connectivity index (χ1n) is 11.8. The van der Waals surface area contributed by atoms with E-state index in [1.807, 2.05) is 26.0 Å². The van der Waals surface area contributed by atoms with Crippen molar-refractivity contribution < 1.29 is 19.2 Å². The fourth-order valence-corrected chi connectivity index (χ4v) is 4.45. The van der Waals surface area contributed by atoms with Gasteiger partial charge in [-0.25, -0.2) is 0 Å². The molecule has 2 aromatic rings. The van der Waals surface area contributed by atoms with Gasteiger partial charge in [0.2, 0.25) is 5.91 Å².